The van der Waals surface area contributed by atoms with Crippen LogP contribution in [0.4, 0.5) is 18.0 Å². The number of rotatable bonds is 4. The van der Waals surface area contributed by atoms with Crippen molar-refractivity contribution in [1.29, 1.82) is 0 Å². The molecule has 1 aliphatic heterocycles. The molecule has 3 N–H and O–H groups in total. The summed E-state index contributed by atoms with van der Waals surface area (Å²) in [6.07, 6.45) is -2.43. The van der Waals surface area contributed by atoms with E-state index in [4.69, 9.17) is 0 Å². The second-order valence-corrected chi connectivity index (χ2v) is 5.70. The van der Waals surface area contributed by atoms with Crippen LogP contribution in [0.5, 0.6) is 0 Å². The number of alkyl halides is 3. The summed E-state index contributed by atoms with van der Waals surface area (Å²) in [4.78, 5) is 23.6. The van der Waals surface area contributed by atoms with E-state index >= 15 is 0 Å². The molecule has 1 heterocycles. The summed E-state index contributed by atoms with van der Waals surface area (Å²) in [5, 5.41) is 7.32. The lowest BCUT2D eigenvalue weighted by molar-refractivity contribution is -0.149. The molecule has 1 saturated heterocycles. The smallest absolute Gasteiger partial charge is 0.354 e. The topological polar surface area (TPSA) is 70.2 Å². The zero-order chi connectivity index (χ0) is 17.6. The third-order valence-corrected chi connectivity index (χ3v) is 3.90. The molecule has 0 aliphatic carbocycles. The van der Waals surface area contributed by atoms with Crippen molar-refractivity contribution in [3.8, 4) is 0 Å². The summed E-state index contributed by atoms with van der Waals surface area (Å²) in [5.74, 6) is -2.11. The molecule has 2 rings (SSSR count). The molecule has 0 saturated carbocycles. The van der Waals surface area contributed by atoms with Crippen molar-refractivity contribution in [3.63, 3.8) is 0 Å². The van der Waals surface area contributed by atoms with Gasteiger partial charge in [0.2, 0.25) is 5.91 Å². The van der Waals surface area contributed by atoms with Crippen molar-refractivity contribution in [2.24, 2.45) is 0 Å². The number of hydrogen-bond donors (Lipinski definition) is 3. The maximum Gasteiger partial charge on any atom is 0.397 e. The van der Waals surface area contributed by atoms with Gasteiger partial charge >= 0.3 is 12.2 Å². The molecule has 132 valence electrons. The van der Waals surface area contributed by atoms with Gasteiger partial charge < -0.3 is 16.0 Å². The number of hydrogen-bond acceptors (Lipinski definition) is 2. The van der Waals surface area contributed by atoms with E-state index in [1.165, 1.54) is 24.3 Å². The van der Waals surface area contributed by atoms with Crippen molar-refractivity contribution in [1.82, 2.24) is 16.0 Å². The number of halogens is 3. The van der Waals surface area contributed by atoms with Crippen LogP contribution in [0, 0.1) is 0 Å². The molecular weight excluding hydrogens is 323 g/mol. The minimum Gasteiger partial charge on any atom is -0.354 e. The van der Waals surface area contributed by atoms with Crippen molar-refractivity contribution < 1.29 is 22.8 Å². The lowest BCUT2D eigenvalue weighted by atomic mass is 9.98. The van der Waals surface area contributed by atoms with Crippen molar-refractivity contribution in [2.75, 3.05) is 13.1 Å². The van der Waals surface area contributed by atoms with E-state index in [-0.39, 0.29) is 11.5 Å². The minimum absolute atomic E-state index is 0.0810. The fourth-order valence-corrected chi connectivity index (χ4v) is 2.59. The maximum absolute atomic E-state index is 13.2. The Kier molecular flexibility index (Phi) is 6.05. The normalized spacial score (nSPS) is 19.8. The molecular formula is C16H20F3N3O2. The first-order valence-electron chi connectivity index (χ1n) is 7.81. The van der Waals surface area contributed by atoms with Crippen molar-refractivity contribution in [3.05, 3.63) is 35.9 Å². The molecule has 1 aliphatic rings. The van der Waals surface area contributed by atoms with Gasteiger partial charge in [-0.25, -0.2) is 4.79 Å². The molecule has 1 fully saturated rings. The average molecular weight is 343 g/mol. The first-order chi connectivity index (χ1) is 11.4. The van der Waals surface area contributed by atoms with Crippen LogP contribution in [0.1, 0.15) is 30.7 Å². The summed E-state index contributed by atoms with van der Waals surface area (Å²) in [6, 6.07) is 5.92. The van der Waals surface area contributed by atoms with Crippen molar-refractivity contribution >= 4 is 11.9 Å². The van der Waals surface area contributed by atoms with E-state index in [0.29, 0.717) is 13.0 Å². The summed E-state index contributed by atoms with van der Waals surface area (Å²) in [5.41, 5.74) is 0.0810. The van der Waals surface area contributed by atoms with Gasteiger partial charge in [0.15, 0.2) is 0 Å². The van der Waals surface area contributed by atoms with Crippen LogP contribution in [0.3, 0.4) is 0 Å². The molecule has 1 aromatic carbocycles. The number of carbonyl (C=O) groups excluding carboxylic acids is 2. The van der Waals surface area contributed by atoms with Crippen LogP contribution in [0.2, 0.25) is 0 Å². The Bertz CT molecular complexity index is 563. The zero-order valence-electron chi connectivity index (χ0n) is 13.0. The van der Waals surface area contributed by atoms with Gasteiger partial charge in [-0.05, 0) is 24.8 Å². The van der Waals surface area contributed by atoms with Gasteiger partial charge in [-0.3, -0.25) is 4.79 Å². The largest absolute Gasteiger partial charge is 0.397 e. The van der Waals surface area contributed by atoms with Gasteiger partial charge in [0.25, 0.3) is 0 Å². The molecule has 8 heteroatoms. The number of benzene rings is 1. The average Bonchev–Trinajstić information content (AvgIpc) is 2.72. The van der Waals surface area contributed by atoms with Crippen LogP contribution in [0.25, 0.3) is 0 Å². The van der Waals surface area contributed by atoms with Crippen LogP contribution in [-0.2, 0) is 4.79 Å². The van der Waals surface area contributed by atoms with Gasteiger partial charge in [0.05, 0.1) is 5.92 Å². The third kappa shape index (κ3) is 5.14. The summed E-state index contributed by atoms with van der Waals surface area (Å²) >= 11 is 0. The Labute approximate surface area is 138 Å². The Morgan fingerprint density at radius 3 is 2.62 bits per heavy atom. The number of carbonyl (C=O) groups is 2. The Hall–Kier alpha value is -2.25. The molecule has 0 spiro atoms. The minimum atomic E-state index is -4.48. The van der Waals surface area contributed by atoms with Gasteiger partial charge in [0.1, 0.15) is 6.04 Å². The lowest BCUT2D eigenvalue weighted by Gasteiger charge is -2.22. The van der Waals surface area contributed by atoms with E-state index in [2.05, 4.69) is 16.0 Å². The quantitative estimate of drug-likeness (QED) is 0.785. The van der Waals surface area contributed by atoms with Gasteiger partial charge in [-0.1, -0.05) is 30.3 Å². The second kappa shape index (κ2) is 8.03. The standard InChI is InChI=1S/C16H20F3N3O2/c17-16(18,19)12(11-6-2-1-3-7-11)10-21-15(24)22-13-8-4-5-9-20-14(13)23/h1-3,6-7,12-13H,4-5,8-10H2,(H,20,23)(H2,21,22,24)/t12-,13+/m1/s1. The summed E-state index contributed by atoms with van der Waals surface area (Å²) < 4.78 is 39.6. The van der Waals surface area contributed by atoms with Crippen LogP contribution in [-0.4, -0.2) is 37.2 Å². The molecule has 24 heavy (non-hydrogen) atoms. The molecule has 0 aromatic heterocycles. The molecule has 2 atom stereocenters. The van der Waals surface area contributed by atoms with E-state index in [9.17, 15) is 22.8 Å². The summed E-state index contributed by atoms with van der Waals surface area (Å²) in [7, 11) is 0. The molecule has 5 nitrogen and oxygen atoms in total. The fraction of sp³-hybridized carbons (Fsp3) is 0.500. The van der Waals surface area contributed by atoms with Gasteiger partial charge in [0, 0.05) is 13.1 Å². The highest BCUT2D eigenvalue weighted by Crippen LogP contribution is 2.34. The monoisotopic (exact) mass is 343 g/mol. The zero-order valence-corrected chi connectivity index (χ0v) is 13.0. The van der Waals surface area contributed by atoms with Crippen molar-refractivity contribution in [2.45, 2.75) is 37.4 Å². The van der Waals surface area contributed by atoms with Crippen LogP contribution in [0.15, 0.2) is 30.3 Å². The number of nitrogens with one attached hydrogen (secondary N) is 3. The van der Waals surface area contributed by atoms with Crippen LogP contribution < -0.4 is 16.0 Å². The van der Waals surface area contributed by atoms with E-state index in [0.717, 1.165) is 12.8 Å². The molecule has 1 aromatic rings. The first kappa shape index (κ1) is 18.1. The SMILES string of the molecule is O=C(NC[C@H](c1ccccc1)C(F)(F)F)N[C@H]1CCCCNC1=O. The van der Waals surface area contributed by atoms with E-state index < -0.39 is 30.7 Å². The fourth-order valence-electron chi connectivity index (χ4n) is 2.59. The van der Waals surface area contributed by atoms with Crippen LogP contribution >= 0.6 is 0 Å². The Morgan fingerprint density at radius 1 is 1.25 bits per heavy atom. The molecule has 0 unspecified atom stereocenters. The predicted octanol–water partition coefficient (Wildman–Crippen LogP) is 2.30. The molecule has 3 amide bonds. The third-order valence-electron chi connectivity index (χ3n) is 3.90. The summed E-state index contributed by atoms with van der Waals surface area (Å²) in [6.45, 7) is -0.0452. The number of urea groups is 1. The Balaban J connectivity index is 1.94. The Morgan fingerprint density at radius 2 is 1.96 bits per heavy atom. The predicted molar refractivity (Wildman–Crippen MR) is 82.4 cm³/mol. The molecule has 0 bridgehead atoms. The van der Waals surface area contributed by atoms with E-state index in [1.54, 1.807) is 6.07 Å². The highest BCUT2D eigenvalue weighted by atomic mass is 19.4. The number of amides is 3. The van der Waals surface area contributed by atoms with E-state index in [1.807, 2.05) is 0 Å². The van der Waals surface area contributed by atoms with Gasteiger partial charge in [-0.15, -0.1) is 0 Å². The lowest BCUT2D eigenvalue weighted by Crippen LogP contribution is -2.50. The second-order valence-electron chi connectivity index (χ2n) is 5.70. The molecule has 0 radical (unpaired) electrons. The maximum atomic E-state index is 13.2. The first-order valence-corrected chi connectivity index (χ1v) is 7.81. The highest BCUT2D eigenvalue weighted by molar-refractivity contribution is 5.87. The highest BCUT2D eigenvalue weighted by Gasteiger charge is 2.40. The van der Waals surface area contributed by atoms with Gasteiger partial charge in [-0.2, -0.15) is 13.2 Å².